The van der Waals surface area contributed by atoms with Crippen molar-refractivity contribution in [3.8, 4) is 28.4 Å². The molecule has 1 aliphatic heterocycles. The van der Waals surface area contributed by atoms with Crippen molar-refractivity contribution >= 4 is 16.9 Å². The number of phenols is 1. The first-order valence-corrected chi connectivity index (χ1v) is 11.2. The van der Waals surface area contributed by atoms with Crippen LogP contribution in [0.25, 0.3) is 33.5 Å². The molecule has 2 aromatic carbocycles. The maximum Gasteiger partial charge on any atom is 0.317 e. The number of rotatable bonds is 5. The summed E-state index contributed by atoms with van der Waals surface area (Å²) < 4.78 is 14.0. The van der Waals surface area contributed by atoms with Gasteiger partial charge in [-0.1, -0.05) is 13.0 Å². The number of β-amino-alcohol motifs (C(OH)–C–C–N with tert-alkyl or cyclic N) is 1. The minimum atomic E-state index is -0.659. The van der Waals surface area contributed by atoms with Gasteiger partial charge in [0, 0.05) is 18.5 Å². The molecular weight excluding hydrogens is 439 g/mol. The molecule has 1 aliphatic rings. The molecule has 3 heterocycles. The van der Waals surface area contributed by atoms with E-state index in [-0.39, 0.29) is 18.3 Å². The number of phenolic OH excluding ortho intramolecular Hbond substituents is 1. The molecule has 0 saturated carbocycles. The number of hydrogen-bond acceptors (Lipinski definition) is 5. The van der Waals surface area contributed by atoms with Crippen molar-refractivity contribution in [2.75, 3.05) is 13.1 Å². The molecule has 5 N–H and O–H groups in total. The first-order chi connectivity index (χ1) is 16.4. The Hall–Kier alpha value is -3.92. The zero-order valence-corrected chi connectivity index (χ0v) is 18.6. The van der Waals surface area contributed by atoms with Gasteiger partial charge in [0.05, 0.1) is 30.1 Å². The van der Waals surface area contributed by atoms with Crippen molar-refractivity contribution in [2.45, 2.75) is 32.4 Å². The van der Waals surface area contributed by atoms with Crippen molar-refractivity contribution < 1.29 is 19.4 Å². The van der Waals surface area contributed by atoms with Crippen LogP contribution >= 0.6 is 0 Å². The summed E-state index contributed by atoms with van der Waals surface area (Å²) in [4.78, 5) is 21.4. The number of carbonyl (C=O) groups is 1. The molecule has 0 spiro atoms. The summed E-state index contributed by atoms with van der Waals surface area (Å²) in [5.41, 5.74) is 4.50. The minimum absolute atomic E-state index is 0.220. The predicted molar refractivity (Wildman–Crippen MR) is 125 cm³/mol. The number of aliphatic hydroxyl groups excluding tert-OH is 1. The lowest BCUT2D eigenvalue weighted by molar-refractivity contribution is 0.171. The Morgan fingerprint density at radius 2 is 2.18 bits per heavy atom. The third-order valence-corrected chi connectivity index (χ3v) is 6.16. The highest BCUT2D eigenvalue weighted by atomic mass is 19.1. The van der Waals surface area contributed by atoms with Crippen LogP contribution in [-0.2, 0) is 13.0 Å². The summed E-state index contributed by atoms with van der Waals surface area (Å²) in [5.74, 6) is -0.452. The van der Waals surface area contributed by atoms with Gasteiger partial charge in [-0.05, 0) is 53.8 Å². The van der Waals surface area contributed by atoms with Crippen LogP contribution in [0, 0.1) is 5.82 Å². The van der Waals surface area contributed by atoms with E-state index in [0.29, 0.717) is 37.4 Å². The van der Waals surface area contributed by atoms with Crippen LogP contribution in [0.2, 0.25) is 0 Å². The molecule has 2 aromatic heterocycles. The summed E-state index contributed by atoms with van der Waals surface area (Å²) in [6, 6.07) is 8.27. The number of carbonyl (C=O) groups excluding carboxylic acids is 1. The van der Waals surface area contributed by atoms with E-state index in [0.717, 1.165) is 33.3 Å². The number of H-pyrrole nitrogens is 2. The Bertz CT molecular complexity index is 1360. The number of aromatic amines is 2. The number of imidazole rings is 1. The van der Waals surface area contributed by atoms with E-state index in [1.54, 1.807) is 11.1 Å². The van der Waals surface area contributed by atoms with E-state index >= 15 is 0 Å². The van der Waals surface area contributed by atoms with E-state index in [9.17, 15) is 19.4 Å². The highest BCUT2D eigenvalue weighted by molar-refractivity contribution is 5.94. The smallest absolute Gasteiger partial charge is 0.317 e. The maximum absolute atomic E-state index is 14.0. The van der Waals surface area contributed by atoms with Crippen molar-refractivity contribution in [2.24, 2.45) is 0 Å². The number of halogens is 1. The van der Waals surface area contributed by atoms with Crippen LogP contribution in [0.1, 0.15) is 24.6 Å². The van der Waals surface area contributed by atoms with Crippen LogP contribution in [-0.4, -0.2) is 60.5 Å². The van der Waals surface area contributed by atoms with Crippen molar-refractivity contribution in [3.63, 3.8) is 0 Å². The fourth-order valence-corrected chi connectivity index (χ4v) is 4.31. The van der Waals surface area contributed by atoms with Gasteiger partial charge in [-0.15, -0.1) is 0 Å². The molecule has 4 aromatic rings. The molecule has 1 saturated heterocycles. The van der Waals surface area contributed by atoms with Gasteiger partial charge in [0.1, 0.15) is 5.69 Å². The molecule has 2 amide bonds. The number of hydrogen-bond donors (Lipinski definition) is 5. The highest BCUT2D eigenvalue weighted by Gasteiger charge is 2.24. The molecule has 0 unspecified atom stereocenters. The van der Waals surface area contributed by atoms with Crippen LogP contribution in [0.5, 0.6) is 5.75 Å². The molecule has 176 valence electrons. The van der Waals surface area contributed by atoms with Gasteiger partial charge >= 0.3 is 6.03 Å². The topological polar surface area (TPSA) is 130 Å². The van der Waals surface area contributed by atoms with Crippen molar-refractivity contribution in [1.29, 1.82) is 0 Å². The third kappa shape index (κ3) is 4.08. The summed E-state index contributed by atoms with van der Waals surface area (Å²) >= 11 is 0. The van der Waals surface area contributed by atoms with Gasteiger partial charge in [0.2, 0.25) is 0 Å². The Kier molecular flexibility index (Phi) is 5.66. The number of likely N-dealkylation sites (tertiary alicyclic amines) is 1. The van der Waals surface area contributed by atoms with Gasteiger partial charge in [0.15, 0.2) is 17.4 Å². The number of aromatic hydroxyl groups is 1. The number of amides is 2. The Labute approximate surface area is 194 Å². The van der Waals surface area contributed by atoms with Gasteiger partial charge in [-0.3, -0.25) is 5.10 Å². The lowest BCUT2D eigenvalue weighted by Crippen LogP contribution is -2.38. The SMILES string of the molecule is CCc1cc(O)c(F)cc1-c1ccc2c(-c3ncc(CNC(=O)N4CC[C@H](O)C4)[nH]3)n[nH]c2c1. The standard InChI is InChI=1S/C24H25FN6O3/c1-2-13-8-21(33)19(25)9-18(13)14-3-4-17-20(7-14)29-30-22(17)23-26-10-15(28-23)11-27-24(34)31-6-5-16(32)12-31/h3-4,7-10,16,32-33H,2,5-6,11-12H2,1H3,(H,26,28)(H,27,34)(H,29,30)/t16-/m0/s1. The van der Waals surface area contributed by atoms with E-state index < -0.39 is 11.9 Å². The molecule has 34 heavy (non-hydrogen) atoms. The fourth-order valence-electron chi connectivity index (χ4n) is 4.31. The second kappa shape index (κ2) is 8.79. The summed E-state index contributed by atoms with van der Waals surface area (Å²) in [6.07, 6.45) is 2.44. The second-order valence-corrected chi connectivity index (χ2v) is 8.45. The van der Waals surface area contributed by atoms with E-state index in [1.165, 1.54) is 12.1 Å². The Morgan fingerprint density at radius 3 is 2.94 bits per heavy atom. The number of fused-ring (bicyclic) bond motifs is 1. The average molecular weight is 465 g/mol. The highest BCUT2D eigenvalue weighted by Crippen LogP contribution is 2.33. The molecule has 0 aliphatic carbocycles. The van der Waals surface area contributed by atoms with Crippen molar-refractivity contribution in [1.82, 2.24) is 30.4 Å². The molecule has 5 rings (SSSR count). The van der Waals surface area contributed by atoms with E-state index in [2.05, 4.69) is 25.5 Å². The number of aryl methyl sites for hydroxylation is 1. The first-order valence-electron chi connectivity index (χ1n) is 11.2. The monoisotopic (exact) mass is 464 g/mol. The van der Waals surface area contributed by atoms with Crippen LogP contribution < -0.4 is 5.32 Å². The zero-order valence-electron chi connectivity index (χ0n) is 18.6. The minimum Gasteiger partial charge on any atom is -0.505 e. The van der Waals surface area contributed by atoms with Crippen LogP contribution in [0.4, 0.5) is 9.18 Å². The number of aromatic nitrogens is 4. The quantitative estimate of drug-likeness (QED) is 0.309. The molecule has 9 nitrogen and oxygen atoms in total. The normalized spacial score (nSPS) is 15.9. The fraction of sp³-hybridized carbons (Fsp3) is 0.292. The average Bonchev–Trinajstić information content (AvgIpc) is 3.57. The molecule has 0 radical (unpaired) electrons. The number of nitrogens with one attached hydrogen (secondary N) is 3. The Morgan fingerprint density at radius 1 is 1.32 bits per heavy atom. The molecule has 10 heteroatoms. The third-order valence-electron chi connectivity index (χ3n) is 6.16. The van der Waals surface area contributed by atoms with Crippen molar-refractivity contribution in [3.05, 3.63) is 53.6 Å². The number of nitrogens with zero attached hydrogens (tertiary/aromatic N) is 3. The number of urea groups is 1. The molecule has 1 fully saturated rings. The van der Waals surface area contributed by atoms with Crippen LogP contribution in [0.3, 0.4) is 0 Å². The predicted octanol–water partition coefficient (Wildman–Crippen LogP) is 3.30. The van der Waals surface area contributed by atoms with E-state index in [4.69, 9.17) is 0 Å². The van der Waals surface area contributed by atoms with Crippen LogP contribution in [0.15, 0.2) is 36.5 Å². The lowest BCUT2D eigenvalue weighted by atomic mass is 9.96. The summed E-state index contributed by atoms with van der Waals surface area (Å²) in [5, 5.41) is 30.4. The number of benzene rings is 2. The number of aliphatic hydroxyl groups is 1. The summed E-state index contributed by atoms with van der Waals surface area (Å²) in [7, 11) is 0. The lowest BCUT2D eigenvalue weighted by Gasteiger charge is -2.15. The van der Waals surface area contributed by atoms with Gasteiger partial charge in [0.25, 0.3) is 0 Å². The van der Waals surface area contributed by atoms with E-state index in [1.807, 2.05) is 25.1 Å². The largest absolute Gasteiger partial charge is 0.505 e. The zero-order chi connectivity index (χ0) is 23.8. The molecular formula is C24H25FN6O3. The maximum atomic E-state index is 14.0. The molecule has 1 atom stereocenters. The first kappa shape index (κ1) is 21.9. The Balaban J connectivity index is 1.35. The summed E-state index contributed by atoms with van der Waals surface area (Å²) in [6.45, 7) is 3.11. The molecule has 0 bridgehead atoms. The van der Waals surface area contributed by atoms with Gasteiger partial charge in [-0.2, -0.15) is 5.10 Å². The van der Waals surface area contributed by atoms with Gasteiger partial charge < -0.3 is 25.4 Å². The second-order valence-electron chi connectivity index (χ2n) is 8.45. The van der Waals surface area contributed by atoms with Gasteiger partial charge in [-0.25, -0.2) is 14.2 Å².